The van der Waals surface area contributed by atoms with Gasteiger partial charge in [0, 0.05) is 19.3 Å². The molecule has 6 heteroatoms. The van der Waals surface area contributed by atoms with Crippen molar-refractivity contribution in [2.75, 3.05) is 13.2 Å². The molecule has 80 heavy (non-hydrogen) atoms. The van der Waals surface area contributed by atoms with E-state index in [9.17, 15) is 14.4 Å². The Bertz CT molecular complexity index is 1430. The molecule has 0 amide bonds. The van der Waals surface area contributed by atoms with Gasteiger partial charge in [0.25, 0.3) is 0 Å². The second-order valence-electron chi connectivity index (χ2n) is 23.8. The van der Waals surface area contributed by atoms with Crippen molar-refractivity contribution in [3.63, 3.8) is 0 Å². The molecule has 1 unspecified atom stereocenters. The fraction of sp³-hybridized carbons (Fsp3) is 0.824. The van der Waals surface area contributed by atoms with E-state index in [4.69, 9.17) is 14.2 Å². The first kappa shape index (κ1) is 77.1. The molecule has 1 atom stereocenters. The Hall–Kier alpha value is -2.89. The number of carbonyl (C=O) groups is 3. The first-order valence-corrected chi connectivity index (χ1v) is 35.3. The quantitative estimate of drug-likeness (QED) is 0.0261. The summed E-state index contributed by atoms with van der Waals surface area (Å²) >= 11 is 0. The maximum atomic E-state index is 13.0. The molecule has 0 saturated carbocycles. The predicted octanol–water partition coefficient (Wildman–Crippen LogP) is 24.3. The monoisotopic (exact) mass is 1120 g/mol. The van der Waals surface area contributed by atoms with Gasteiger partial charge in [-0.2, -0.15) is 0 Å². The Balaban J connectivity index is 4.34. The van der Waals surface area contributed by atoms with E-state index < -0.39 is 6.10 Å². The van der Waals surface area contributed by atoms with Gasteiger partial charge in [-0.15, -0.1) is 0 Å². The number of carbonyl (C=O) groups excluding carboxylic acids is 3. The van der Waals surface area contributed by atoms with Gasteiger partial charge in [0.2, 0.25) is 0 Å². The average molecular weight is 1120 g/mol. The van der Waals surface area contributed by atoms with Crippen molar-refractivity contribution in [3.8, 4) is 0 Å². The van der Waals surface area contributed by atoms with Crippen LogP contribution in [0.3, 0.4) is 0 Å². The molecule has 0 aromatic rings. The number of unbranched alkanes of at least 4 members (excludes halogenated alkanes) is 44. The molecule has 0 fully saturated rings. The van der Waals surface area contributed by atoms with Gasteiger partial charge < -0.3 is 14.2 Å². The van der Waals surface area contributed by atoms with Crippen molar-refractivity contribution >= 4 is 17.9 Å². The molecular formula is C74H134O6. The molecule has 0 heterocycles. The zero-order chi connectivity index (χ0) is 57.8. The fourth-order valence-electron chi connectivity index (χ4n) is 10.4. The number of allylic oxidation sites excluding steroid dienone is 10. The standard InChI is InChI=1S/C74H134O6/c1-4-7-10-13-16-19-22-25-28-31-33-35-37-39-41-43-46-49-52-55-58-61-64-67-73(76)79-70-71(69-78-72(75)66-63-60-57-54-51-48-45-30-27-24-21-18-15-12-9-6-3)80-74(77)68-65-62-59-56-53-50-47-44-42-40-38-36-34-32-29-26-23-20-17-14-11-8-5-2/h21-22,24-25,30-31,33,37,39,45,71H,4-20,23,26-29,32,34-36,38,40-44,46-70H2,1-3H3/b24-21-,25-22-,33-31-,39-37-,45-30-. The lowest BCUT2D eigenvalue weighted by atomic mass is 10.0. The molecule has 6 nitrogen and oxygen atoms in total. The van der Waals surface area contributed by atoms with E-state index in [1.54, 1.807) is 0 Å². The first-order valence-electron chi connectivity index (χ1n) is 35.3. The van der Waals surface area contributed by atoms with E-state index in [-0.39, 0.29) is 31.1 Å². The van der Waals surface area contributed by atoms with Crippen LogP contribution in [0, 0.1) is 0 Å². The Morgan fingerprint density at radius 2 is 0.450 bits per heavy atom. The van der Waals surface area contributed by atoms with Crippen LogP contribution in [0.5, 0.6) is 0 Å². The fourth-order valence-corrected chi connectivity index (χ4v) is 10.4. The molecule has 0 saturated heterocycles. The Labute approximate surface area is 498 Å². The normalized spacial score (nSPS) is 12.4. The maximum absolute atomic E-state index is 13.0. The molecule has 0 bridgehead atoms. The molecular weight excluding hydrogens is 985 g/mol. The van der Waals surface area contributed by atoms with E-state index in [1.165, 1.54) is 238 Å². The summed E-state index contributed by atoms with van der Waals surface area (Å²) < 4.78 is 17.0. The van der Waals surface area contributed by atoms with Crippen LogP contribution < -0.4 is 0 Å². The number of hydrogen-bond donors (Lipinski definition) is 0. The van der Waals surface area contributed by atoms with Crippen molar-refractivity contribution in [2.45, 2.75) is 380 Å². The van der Waals surface area contributed by atoms with Crippen LogP contribution in [0.4, 0.5) is 0 Å². The van der Waals surface area contributed by atoms with Crippen LogP contribution in [0.15, 0.2) is 60.8 Å². The van der Waals surface area contributed by atoms with E-state index in [1.807, 2.05) is 0 Å². The van der Waals surface area contributed by atoms with E-state index in [0.717, 1.165) is 96.3 Å². The third kappa shape index (κ3) is 65.9. The average Bonchev–Trinajstić information content (AvgIpc) is 3.46. The van der Waals surface area contributed by atoms with Gasteiger partial charge >= 0.3 is 17.9 Å². The summed E-state index contributed by atoms with van der Waals surface area (Å²) in [6.07, 6.45) is 88.1. The summed E-state index contributed by atoms with van der Waals surface area (Å²) in [5.41, 5.74) is 0. The second-order valence-corrected chi connectivity index (χ2v) is 23.8. The molecule has 0 aliphatic heterocycles. The summed E-state index contributed by atoms with van der Waals surface area (Å²) in [5, 5.41) is 0. The highest BCUT2D eigenvalue weighted by Crippen LogP contribution is 2.18. The number of rotatable bonds is 65. The topological polar surface area (TPSA) is 78.9 Å². The lowest BCUT2D eigenvalue weighted by molar-refractivity contribution is -0.167. The first-order chi connectivity index (χ1) is 39.5. The number of esters is 3. The van der Waals surface area contributed by atoms with Crippen LogP contribution in [0.25, 0.3) is 0 Å². The van der Waals surface area contributed by atoms with Gasteiger partial charge in [0.1, 0.15) is 13.2 Å². The van der Waals surface area contributed by atoms with Crippen molar-refractivity contribution in [1.29, 1.82) is 0 Å². The Kier molecular flexibility index (Phi) is 66.1. The third-order valence-corrected chi connectivity index (χ3v) is 15.7. The number of hydrogen-bond acceptors (Lipinski definition) is 6. The minimum absolute atomic E-state index is 0.0795. The highest BCUT2D eigenvalue weighted by atomic mass is 16.6. The summed E-state index contributed by atoms with van der Waals surface area (Å²) in [7, 11) is 0. The summed E-state index contributed by atoms with van der Waals surface area (Å²) in [6.45, 7) is 6.66. The van der Waals surface area contributed by atoms with E-state index in [0.29, 0.717) is 19.3 Å². The van der Waals surface area contributed by atoms with Crippen LogP contribution in [0.2, 0.25) is 0 Å². The van der Waals surface area contributed by atoms with Crippen LogP contribution in [-0.4, -0.2) is 37.2 Å². The Morgan fingerprint density at radius 3 is 0.713 bits per heavy atom. The smallest absolute Gasteiger partial charge is 0.306 e. The molecule has 466 valence electrons. The molecule has 0 N–H and O–H groups in total. The van der Waals surface area contributed by atoms with Gasteiger partial charge in [-0.1, -0.05) is 326 Å². The zero-order valence-electron chi connectivity index (χ0n) is 53.6. The third-order valence-electron chi connectivity index (χ3n) is 15.7. The molecule has 0 aromatic carbocycles. The molecule has 0 spiro atoms. The van der Waals surface area contributed by atoms with Crippen LogP contribution >= 0.6 is 0 Å². The molecule has 0 aromatic heterocycles. The van der Waals surface area contributed by atoms with Crippen LogP contribution in [-0.2, 0) is 28.6 Å². The highest BCUT2D eigenvalue weighted by molar-refractivity contribution is 5.71. The SMILES string of the molecule is CCCCCC/C=C\C/C=C\CCCCCCCC(=O)OCC(COC(=O)CCCCCCCCCC/C=C\C/C=C\C/C=C\CCCCCCC)OC(=O)CCCCCCCCCCCCCCCCCCCCCCCCC. The minimum atomic E-state index is -0.784. The van der Waals surface area contributed by atoms with Crippen molar-refractivity contribution in [1.82, 2.24) is 0 Å². The second kappa shape index (κ2) is 68.6. The van der Waals surface area contributed by atoms with Gasteiger partial charge in [-0.05, 0) is 89.9 Å². The maximum Gasteiger partial charge on any atom is 0.306 e. The van der Waals surface area contributed by atoms with Gasteiger partial charge in [-0.3, -0.25) is 14.4 Å². The predicted molar refractivity (Wildman–Crippen MR) is 348 cm³/mol. The minimum Gasteiger partial charge on any atom is -0.462 e. The largest absolute Gasteiger partial charge is 0.462 e. The molecule has 0 aliphatic rings. The lowest BCUT2D eigenvalue weighted by Crippen LogP contribution is -2.30. The molecule has 0 rings (SSSR count). The van der Waals surface area contributed by atoms with Crippen molar-refractivity contribution in [3.05, 3.63) is 60.8 Å². The summed E-state index contributed by atoms with van der Waals surface area (Å²) in [4.78, 5) is 38.5. The molecule has 0 aliphatic carbocycles. The van der Waals surface area contributed by atoms with Crippen molar-refractivity contribution < 1.29 is 28.6 Å². The summed E-state index contributed by atoms with van der Waals surface area (Å²) in [6, 6.07) is 0. The Morgan fingerprint density at radius 1 is 0.250 bits per heavy atom. The zero-order valence-corrected chi connectivity index (χ0v) is 53.6. The number of ether oxygens (including phenoxy) is 3. The van der Waals surface area contributed by atoms with Crippen LogP contribution in [0.1, 0.15) is 374 Å². The van der Waals surface area contributed by atoms with Gasteiger partial charge in [0.15, 0.2) is 6.10 Å². The van der Waals surface area contributed by atoms with Crippen molar-refractivity contribution in [2.24, 2.45) is 0 Å². The van der Waals surface area contributed by atoms with Gasteiger partial charge in [-0.25, -0.2) is 0 Å². The van der Waals surface area contributed by atoms with Gasteiger partial charge in [0.05, 0.1) is 0 Å². The molecule has 0 radical (unpaired) electrons. The van der Waals surface area contributed by atoms with E-state index >= 15 is 0 Å². The van der Waals surface area contributed by atoms with E-state index in [2.05, 4.69) is 81.5 Å². The lowest BCUT2D eigenvalue weighted by Gasteiger charge is -2.18. The highest BCUT2D eigenvalue weighted by Gasteiger charge is 2.19. The summed E-state index contributed by atoms with van der Waals surface area (Å²) in [5.74, 6) is -0.876.